The Kier molecular flexibility index (Phi) is 5.16. The molecule has 0 N–H and O–H groups in total. The Bertz CT molecular complexity index is 729. The molecular formula is C16H15F4N3O. The highest BCUT2D eigenvalue weighted by atomic mass is 19.4. The Labute approximate surface area is 136 Å². The molecule has 0 atom stereocenters. The zero-order chi connectivity index (χ0) is 17.9. The fraction of sp³-hybridized carbons (Fsp3) is 0.312. The van der Waals surface area contributed by atoms with E-state index in [1.54, 1.807) is 6.92 Å². The van der Waals surface area contributed by atoms with Crippen LogP contribution in [0, 0.1) is 19.7 Å². The minimum atomic E-state index is -4.56. The van der Waals surface area contributed by atoms with Crippen LogP contribution in [0.3, 0.4) is 0 Å². The first-order valence-corrected chi connectivity index (χ1v) is 7.06. The summed E-state index contributed by atoms with van der Waals surface area (Å²) >= 11 is 0. The quantitative estimate of drug-likeness (QED) is 0.801. The van der Waals surface area contributed by atoms with Gasteiger partial charge in [-0.3, -0.25) is 4.79 Å². The number of nitrogens with zero attached hydrogens (tertiary/aromatic N) is 3. The van der Waals surface area contributed by atoms with Gasteiger partial charge in [0.1, 0.15) is 18.2 Å². The molecule has 0 saturated carbocycles. The van der Waals surface area contributed by atoms with E-state index in [0.29, 0.717) is 22.0 Å². The molecule has 0 saturated heterocycles. The maximum absolute atomic E-state index is 12.9. The molecule has 0 bridgehead atoms. The highest BCUT2D eigenvalue weighted by Crippen LogP contribution is 2.21. The van der Waals surface area contributed by atoms with Crippen LogP contribution in [0.25, 0.3) is 0 Å². The summed E-state index contributed by atoms with van der Waals surface area (Å²) in [6.07, 6.45) is -3.34. The topological polar surface area (TPSA) is 46.1 Å². The Morgan fingerprint density at radius 1 is 1.17 bits per heavy atom. The Balaban J connectivity index is 2.30. The van der Waals surface area contributed by atoms with Crippen molar-refractivity contribution >= 4 is 5.91 Å². The third-order valence-electron chi connectivity index (χ3n) is 3.27. The van der Waals surface area contributed by atoms with Gasteiger partial charge in [0.05, 0.1) is 11.3 Å². The SMILES string of the molecule is Cc1ncc(C(=O)N(Cc2ccc(F)cc2)CC(F)(F)F)c(C)n1. The van der Waals surface area contributed by atoms with E-state index >= 15 is 0 Å². The lowest BCUT2D eigenvalue weighted by atomic mass is 10.1. The first-order valence-electron chi connectivity index (χ1n) is 7.06. The number of rotatable bonds is 4. The molecule has 2 rings (SSSR count). The predicted octanol–water partition coefficient (Wildman–Crippen LogP) is 3.44. The summed E-state index contributed by atoms with van der Waals surface area (Å²) in [6.45, 7) is 1.43. The Hall–Kier alpha value is -2.51. The van der Waals surface area contributed by atoms with Gasteiger partial charge in [-0.05, 0) is 31.5 Å². The minimum Gasteiger partial charge on any atom is -0.325 e. The average molecular weight is 341 g/mol. The lowest BCUT2D eigenvalue weighted by molar-refractivity contribution is -0.141. The van der Waals surface area contributed by atoms with Crippen LogP contribution < -0.4 is 0 Å². The molecule has 1 aromatic carbocycles. The Morgan fingerprint density at radius 3 is 2.33 bits per heavy atom. The van der Waals surface area contributed by atoms with Gasteiger partial charge >= 0.3 is 6.18 Å². The van der Waals surface area contributed by atoms with Crippen LogP contribution in [0.15, 0.2) is 30.5 Å². The van der Waals surface area contributed by atoms with Crippen molar-refractivity contribution in [1.82, 2.24) is 14.9 Å². The first-order chi connectivity index (χ1) is 11.2. The zero-order valence-electron chi connectivity index (χ0n) is 13.1. The number of carbonyl (C=O) groups excluding carboxylic acids is 1. The summed E-state index contributed by atoms with van der Waals surface area (Å²) in [4.78, 5) is 21.0. The van der Waals surface area contributed by atoms with Gasteiger partial charge in [0.25, 0.3) is 5.91 Å². The second kappa shape index (κ2) is 6.94. The number of carbonyl (C=O) groups is 1. The van der Waals surface area contributed by atoms with Crippen LogP contribution in [-0.4, -0.2) is 33.5 Å². The summed E-state index contributed by atoms with van der Waals surface area (Å²) in [5, 5.41) is 0. The lowest BCUT2D eigenvalue weighted by Gasteiger charge is -2.24. The van der Waals surface area contributed by atoms with Crippen LogP contribution in [0.4, 0.5) is 17.6 Å². The molecule has 1 amide bonds. The molecule has 2 aromatic rings. The number of aryl methyl sites for hydroxylation is 2. The van der Waals surface area contributed by atoms with Gasteiger partial charge in [0, 0.05) is 12.7 Å². The van der Waals surface area contributed by atoms with Gasteiger partial charge in [-0.15, -0.1) is 0 Å². The maximum atomic E-state index is 12.9. The standard InChI is InChI=1S/C16H15F4N3O/c1-10-14(7-21-11(2)22-10)15(24)23(9-16(18,19)20)8-12-3-5-13(17)6-4-12/h3-7H,8-9H2,1-2H3. The lowest BCUT2D eigenvalue weighted by Crippen LogP contribution is -2.39. The molecule has 0 aliphatic carbocycles. The molecule has 128 valence electrons. The number of aromatic nitrogens is 2. The predicted molar refractivity (Wildman–Crippen MR) is 78.7 cm³/mol. The minimum absolute atomic E-state index is 0.00645. The second-order valence-corrected chi connectivity index (χ2v) is 5.32. The van der Waals surface area contributed by atoms with E-state index in [4.69, 9.17) is 0 Å². The summed E-state index contributed by atoms with van der Waals surface area (Å²) in [5.74, 6) is -0.908. The summed E-state index contributed by atoms with van der Waals surface area (Å²) in [6, 6.07) is 4.94. The molecule has 0 unspecified atom stereocenters. The second-order valence-electron chi connectivity index (χ2n) is 5.32. The Morgan fingerprint density at radius 2 is 1.79 bits per heavy atom. The molecule has 24 heavy (non-hydrogen) atoms. The number of amides is 1. The van der Waals surface area contributed by atoms with Gasteiger partial charge in [0.15, 0.2) is 0 Å². The van der Waals surface area contributed by atoms with Crippen molar-refractivity contribution in [3.63, 3.8) is 0 Å². The summed E-state index contributed by atoms with van der Waals surface area (Å²) < 4.78 is 51.4. The smallest absolute Gasteiger partial charge is 0.325 e. The number of hydrogen-bond acceptors (Lipinski definition) is 3. The normalized spacial score (nSPS) is 11.4. The van der Waals surface area contributed by atoms with Gasteiger partial charge in [-0.25, -0.2) is 14.4 Å². The van der Waals surface area contributed by atoms with Crippen molar-refractivity contribution in [2.24, 2.45) is 0 Å². The van der Waals surface area contributed by atoms with Crippen LogP contribution in [0.2, 0.25) is 0 Å². The first kappa shape index (κ1) is 17.8. The van der Waals surface area contributed by atoms with E-state index in [2.05, 4.69) is 9.97 Å². The summed E-state index contributed by atoms with van der Waals surface area (Å²) in [5.41, 5.74) is 0.699. The van der Waals surface area contributed by atoms with Crippen LogP contribution >= 0.6 is 0 Å². The molecule has 1 aromatic heterocycles. The summed E-state index contributed by atoms with van der Waals surface area (Å²) in [7, 11) is 0. The third kappa shape index (κ3) is 4.74. The van der Waals surface area contributed by atoms with Crippen molar-refractivity contribution < 1.29 is 22.4 Å². The third-order valence-corrected chi connectivity index (χ3v) is 3.27. The van der Waals surface area contributed by atoms with Crippen molar-refractivity contribution in [3.05, 3.63) is 58.9 Å². The fourth-order valence-corrected chi connectivity index (χ4v) is 2.19. The fourth-order valence-electron chi connectivity index (χ4n) is 2.19. The van der Waals surface area contributed by atoms with Gasteiger partial charge in [0.2, 0.25) is 0 Å². The monoisotopic (exact) mass is 341 g/mol. The average Bonchev–Trinajstić information content (AvgIpc) is 2.47. The molecule has 0 fully saturated rings. The van der Waals surface area contributed by atoms with Crippen LogP contribution in [0.5, 0.6) is 0 Å². The van der Waals surface area contributed by atoms with Crippen LogP contribution in [-0.2, 0) is 6.54 Å². The number of benzene rings is 1. The van der Waals surface area contributed by atoms with Crippen molar-refractivity contribution in [3.8, 4) is 0 Å². The largest absolute Gasteiger partial charge is 0.406 e. The molecule has 4 nitrogen and oxygen atoms in total. The van der Waals surface area contributed by atoms with E-state index in [1.807, 2.05) is 0 Å². The van der Waals surface area contributed by atoms with E-state index in [9.17, 15) is 22.4 Å². The zero-order valence-corrected chi connectivity index (χ0v) is 13.1. The van der Waals surface area contributed by atoms with E-state index in [1.165, 1.54) is 25.3 Å². The number of alkyl halides is 3. The molecule has 1 heterocycles. The van der Waals surface area contributed by atoms with E-state index in [0.717, 1.165) is 12.1 Å². The molecule has 0 spiro atoms. The van der Waals surface area contributed by atoms with Crippen molar-refractivity contribution in [2.45, 2.75) is 26.6 Å². The molecule has 8 heteroatoms. The molecule has 0 aliphatic rings. The van der Waals surface area contributed by atoms with Crippen molar-refractivity contribution in [1.29, 1.82) is 0 Å². The van der Waals surface area contributed by atoms with E-state index in [-0.39, 0.29) is 12.1 Å². The molecule has 0 radical (unpaired) electrons. The number of halogens is 4. The van der Waals surface area contributed by atoms with Gasteiger partial charge in [-0.1, -0.05) is 12.1 Å². The van der Waals surface area contributed by atoms with Gasteiger partial charge in [-0.2, -0.15) is 13.2 Å². The molecular weight excluding hydrogens is 326 g/mol. The van der Waals surface area contributed by atoms with Crippen molar-refractivity contribution in [2.75, 3.05) is 6.54 Å². The molecule has 0 aliphatic heterocycles. The van der Waals surface area contributed by atoms with Crippen LogP contribution in [0.1, 0.15) is 27.4 Å². The highest BCUT2D eigenvalue weighted by molar-refractivity contribution is 5.94. The highest BCUT2D eigenvalue weighted by Gasteiger charge is 2.34. The van der Waals surface area contributed by atoms with Gasteiger partial charge < -0.3 is 4.90 Å². The van der Waals surface area contributed by atoms with E-state index < -0.39 is 24.4 Å². The number of hydrogen-bond donors (Lipinski definition) is 0. The maximum Gasteiger partial charge on any atom is 0.406 e.